The van der Waals surface area contributed by atoms with Crippen molar-refractivity contribution in [3.05, 3.63) is 95.1 Å². The Bertz CT molecular complexity index is 1230. The van der Waals surface area contributed by atoms with Gasteiger partial charge in [-0.2, -0.15) is 0 Å². The Balaban J connectivity index is 1.86. The van der Waals surface area contributed by atoms with E-state index in [2.05, 4.69) is 4.98 Å². The van der Waals surface area contributed by atoms with E-state index >= 15 is 0 Å². The third kappa shape index (κ3) is 4.15. The van der Waals surface area contributed by atoms with E-state index in [0.717, 1.165) is 0 Å². The van der Waals surface area contributed by atoms with E-state index in [1.807, 2.05) is 0 Å². The van der Waals surface area contributed by atoms with Crippen LogP contribution in [0.5, 0.6) is 11.5 Å². The third-order valence-electron chi connectivity index (χ3n) is 5.46. The van der Waals surface area contributed by atoms with Crippen LogP contribution in [0.1, 0.15) is 22.7 Å². The summed E-state index contributed by atoms with van der Waals surface area (Å²) in [5.41, 5.74) is 1.38. The molecule has 2 heterocycles. The van der Waals surface area contributed by atoms with Gasteiger partial charge in [0.05, 0.1) is 25.8 Å². The number of benzene rings is 2. The zero-order valence-corrected chi connectivity index (χ0v) is 18.0. The standard InChI is InChI=1S/C25H21FN2O5/c1-32-19-10-7-17(12-20(19)33-2)23(29)21-22(16-5-8-18(26)9-6-16)28(25(31)24(21)30)14-15-4-3-11-27-13-15/h3-13,22,29H,14H2,1-2H3/b23-21-. The van der Waals surface area contributed by atoms with E-state index in [9.17, 15) is 19.1 Å². The molecule has 1 unspecified atom stereocenters. The molecular weight excluding hydrogens is 427 g/mol. The number of ketones is 1. The summed E-state index contributed by atoms with van der Waals surface area (Å²) < 4.78 is 24.1. The monoisotopic (exact) mass is 448 g/mol. The molecule has 1 amide bonds. The molecule has 1 saturated heterocycles. The number of ether oxygens (including phenoxy) is 2. The Morgan fingerprint density at radius 1 is 1.06 bits per heavy atom. The maximum absolute atomic E-state index is 13.6. The second-order valence-corrected chi connectivity index (χ2v) is 7.41. The number of Topliss-reactive ketones (excluding diaryl/α,β-unsaturated/α-hetero) is 1. The predicted molar refractivity (Wildman–Crippen MR) is 118 cm³/mol. The van der Waals surface area contributed by atoms with Gasteiger partial charge in [-0.3, -0.25) is 14.6 Å². The van der Waals surface area contributed by atoms with Gasteiger partial charge in [-0.1, -0.05) is 18.2 Å². The van der Waals surface area contributed by atoms with Crippen molar-refractivity contribution >= 4 is 17.4 Å². The van der Waals surface area contributed by atoms with Crippen LogP contribution in [0.2, 0.25) is 0 Å². The SMILES string of the molecule is COc1ccc(/C(O)=C2/C(=O)C(=O)N(Cc3cccnc3)C2c2ccc(F)cc2)cc1OC. The van der Waals surface area contributed by atoms with Crippen LogP contribution in [0.3, 0.4) is 0 Å². The molecule has 7 nitrogen and oxygen atoms in total. The van der Waals surface area contributed by atoms with Gasteiger partial charge in [0.1, 0.15) is 11.6 Å². The lowest BCUT2D eigenvalue weighted by atomic mass is 9.95. The molecule has 0 bridgehead atoms. The number of carbonyl (C=O) groups excluding carboxylic acids is 2. The molecule has 4 rings (SSSR count). The van der Waals surface area contributed by atoms with Crippen molar-refractivity contribution in [2.24, 2.45) is 0 Å². The third-order valence-corrected chi connectivity index (χ3v) is 5.46. The number of aliphatic hydroxyl groups excluding tert-OH is 1. The molecule has 2 aromatic carbocycles. The lowest BCUT2D eigenvalue weighted by Gasteiger charge is -2.25. The molecule has 1 aliphatic heterocycles. The summed E-state index contributed by atoms with van der Waals surface area (Å²) in [6.45, 7) is 0.0865. The summed E-state index contributed by atoms with van der Waals surface area (Å²) in [5.74, 6) is -1.62. The van der Waals surface area contributed by atoms with Crippen molar-refractivity contribution in [3.63, 3.8) is 0 Å². The molecule has 3 aromatic rings. The van der Waals surface area contributed by atoms with Crippen LogP contribution in [-0.4, -0.2) is 40.9 Å². The Morgan fingerprint density at radius 3 is 2.42 bits per heavy atom. The summed E-state index contributed by atoms with van der Waals surface area (Å²) in [6.07, 6.45) is 3.20. The molecule has 1 fully saturated rings. The van der Waals surface area contributed by atoms with Gasteiger partial charge in [-0.05, 0) is 47.5 Å². The van der Waals surface area contributed by atoms with Gasteiger partial charge >= 0.3 is 0 Å². The summed E-state index contributed by atoms with van der Waals surface area (Å²) >= 11 is 0. The molecular formula is C25H21FN2O5. The normalized spacial score (nSPS) is 17.3. The molecule has 168 valence electrons. The van der Waals surface area contributed by atoms with E-state index in [1.165, 1.54) is 49.5 Å². The fourth-order valence-electron chi connectivity index (χ4n) is 3.86. The summed E-state index contributed by atoms with van der Waals surface area (Å²) in [4.78, 5) is 31.5. The summed E-state index contributed by atoms with van der Waals surface area (Å²) in [5, 5.41) is 11.2. The first-order valence-electron chi connectivity index (χ1n) is 10.1. The number of nitrogens with zero attached hydrogens (tertiary/aromatic N) is 2. The first-order valence-corrected chi connectivity index (χ1v) is 10.1. The lowest BCUT2D eigenvalue weighted by Crippen LogP contribution is -2.29. The summed E-state index contributed by atoms with van der Waals surface area (Å²) in [6, 6.07) is 12.7. The van der Waals surface area contributed by atoms with Crippen LogP contribution < -0.4 is 9.47 Å². The lowest BCUT2D eigenvalue weighted by molar-refractivity contribution is -0.140. The van der Waals surface area contributed by atoms with Gasteiger partial charge < -0.3 is 19.5 Å². The number of likely N-dealkylation sites (tertiary alicyclic amines) is 1. The molecule has 0 saturated carbocycles. The minimum Gasteiger partial charge on any atom is -0.507 e. The molecule has 1 N–H and O–H groups in total. The number of methoxy groups -OCH3 is 2. The highest BCUT2D eigenvalue weighted by Crippen LogP contribution is 2.41. The smallest absolute Gasteiger partial charge is 0.295 e. The van der Waals surface area contributed by atoms with E-state index in [1.54, 1.807) is 36.7 Å². The number of halogens is 1. The first-order chi connectivity index (χ1) is 15.9. The maximum atomic E-state index is 13.6. The van der Waals surface area contributed by atoms with Crippen LogP contribution in [0, 0.1) is 5.82 Å². The van der Waals surface area contributed by atoms with Crippen molar-refractivity contribution in [2.45, 2.75) is 12.6 Å². The number of hydrogen-bond acceptors (Lipinski definition) is 6. The highest BCUT2D eigenvalue weighted by molar-refractivity contribution is 6.46. The Labute approximate surface area is 189 Å². The topological polar surface area (TPSA) is 89.0 Å². The molecule has 0 spiro atoms. The highest BCUT2D eigenvalue weighted by Gasteiger charge is 2.46. The zero-order valence-electron chi connectivity index (χ0n) is 18.0. The maximum Gasteiger partial charge on any atom is 0.295 e. The number of hydrogen-bond donors (Lipinski definition) is 1. The molecule has 33 heavy (non-hydrogen) atoms. The van der Waals surface area contributed by atoms with Crippen molar-refractivity contribution in [2.75, 3.05) is 14.2 Å². The minimum absolute atomic E-state index is 0.0865. The average molecular weight is 448 g/mol. The van der Waals surface area contributed by atoms with Crippen LogP contribution in [0.15, 0.2) is 72.6 Å². The number of amides is 1. The second kappa shape index (κ2) is 9.12. The van der Waals surface area contributed by atoms with Crippen molar-refractivity contribution in [1.82, 2.24) is 9.88 Å². The number of aromatic nitrogens is 1. The quantitative estimate of drug-likeness (QED) is 0.350. The van der Waals surface area contributed by atoms with E-state index in [0.29, 0.717) is 22.6 Å². The second-order valence-electron chi connectivity index (χ2n) is 7.41. The van der Waals surface area contributed by atoms with Crippen molar-refractivity contribution in [1.29, 1.82) is 0 Å². The Morgan fingerprint density at radius 2 is 1.79 bits per heavy atom. The molecule has 0 aliphatic carbocycles. The van der Waals surface area contributed by atoms with E-state index in [-0.39, 0.29) is 23.4 Å². The Hall–Kier alpha value is -4.20. The number of carbonyl (C=O) groups is 2. The average Bonchev–Trinajstić information content (AvgIpc) is 3.09. The van der Waals surface area contributed by atoms with Crippen molar-refractivity contribution in [3.8, 4) is 11.5 Å². The van der Waals surface area contributed by atoms with E-state index < -0.39 is 23.5 Å². The molecule has 1 aliphatic rings. The van der Waals surface area contributed by atoms with Crippen LogP contribution in [-0.2, 0) is 16.1 Å². The largest absolute Gasteiger partial charge is 0.507 e. The van der Waals surface area contributed by atoms with Crippen LogP contribution in [0.4, 0.5) is 4.39 Å². The number of pyridine rings is 1. The van der Waals surface area contributed by atoms with Gasteiger partial charge in [0.25, 0.3) is 11.7 Å². The highest BCUT2D eigenvalue weighted by atomic mass is 19.1. The van der Waals surface area contributed by atoms with Crippen LogP contribution in [0.25, 0.3) is 5.76 Å². The molecule has 0 radical (unpaired) electrons. The van der Waals surface area contributed by atoms with Gasteiger partial charge in [0.2, 0.25) is 0 Å². The van der Waals surface area contributed by atoms with Crippen molar-refractivity contribution < 1.29 is 28.6 Å². The van der Waals surface area contributed by atoms with Gasteiger partial charge in [-0.15, -0.1) is 0 Å². The summed E-state index contributed by atoms with van der Waals surface area (Å²) in [7, 11) is 2.93. The minimum atomic E-state index is -0.918. The first kappa shape index (κ1) is 22.0. The van der Waals surface area contributed by atoms with Gasteiger partial charge in [-0.25, -0.2) is 4.39 Å². The molecule has 1 aromatic heterocycles. The fraction of sp³-hybridized carbons (Fsp3) is 0.160. The zero-order chi connectivity index (χ0) is 23.5. The fourth-order valence-corrected chi connectivity index (χ4v) is 3.86. The number of aliphatic hydroxyl groups is 1. The van der Waals surface area contributed by atoms with Gasteiger partial charge in [0.15, 0.2) is 11.5 Å². The van der Waals surface area contributed by atoms with E-state index in [4.69, 9.17) is 9.47 Å². The van der Waals surface area contributed by atoms with Crippen LogP contribution >= 0.6 is 0 Å². The predicted octanol–water partition coefficient (Wildman–Crippen LogP) is 3.86. The van der Waals surface area contributed by atoms with Gasteiger partial charge in [0, 0.05) is 24.5 Å². The Kier molecular flexibility index (Phi) is 6.08. The number of rotatable bonds is 6. The molecule has 8 heteroatoms. The molecule has 1 atom stereocenters.